The van der Waals surface area contributed by atoms with Crippen molar-refractivity contribution >= 4 is 43.1 Å². The standard InChI is InChI=1S/C25H31ClO2S/c1-2-3-4-5-6-7-8-9-10-18-23(26)28-21-16-13-15-20-24(27)19-14-11-12-17-22(19)29-25(20)21/h11-17,23H,2-10,18H2,1H3. The van der Waals surface area contributed by atoms with E-state index in [1.165, 1.54) is 51.4 Å². The molecule has 1 heterocycles. The summed E-state index contributed by atoms with van der Waals surface area (Å²) in [6, 6.07) is 13.4. The Kier molecular flexibility index (Phi) is 8.82. The van der Waals surface area contributed by atoms with Gasteiger partial charge in [0.1, 0.15) is 5.75 Å². The number of halogens is 1. The molecule has 0 bridgehead atoms. The maximum Gasteiger partial charge on any atom is 0.196 e. The summed E-state index contributed by atoms with van der Waals surface area (Å²) in [6.07, 6.45) is 12.5. The minimum absolute atomic E-state index is 0.0601. The fourth-order valence-electron chi connectivity index (χ4n) is 3.70. The zero-order valence-electron chi connectivity index (χ0n) is 17.3. The van der Waals surface area contributed by atoms with E-state index in [-0.39, 0.29) is 11.0 Å². The molecule has 0 aliphatic heterocycles. The van der Waals surface area contributed by atoms with Gasteiger partial charge in [0.2, 0.25) is 0 Å². The molecule has 0 radical (unpaired) electrons. The van der Waals surface area contributed by atoms with Crippen LogP contribution < -0.4 is 10.2 Å². The van der Waals surface area contributed by atoms with Crippen LogP contribution in [0.15, 0.2) is 47.3 Å². The van der Waals surface area contributed by atoms with Crippen LogP contribution in [-0.4, -0.2) is 5.56 Å². The molecule has 0 aliphatic rings. The van der Waals surface area contributed by atoms with E-state index in [0.29, 0.717) is 11.1 Å². The molecule has 1 unspecified atom stereocenters. The quantitative estimate of drug-likeness (QED) is 0.164. The Morgan fingerprint density at radius 1 is 0.862 bits per heavy atom. The molecule has 29 heavy (non-hydrogen) atoms. The lowest BCUT2D eigenvalue weighted by Crippen LogP contribution is -2.09. The number of unbranched alkanes of at least 4 members (excludes halogenated alkanes) is 8. The highest BCUT2D eigenvalue weighted by Crippen LogP contribution is 2.33. The Hall–Kier alpha value is -1.58. The van der Waals surface area contributed by atoms with Gasteiger partial charge in [-0.05, 0) is 37.1 Å². The van der Waals surface area contributed by atoms with E-state index in [4.69, 9.17) is 16.3 Å². The molecule has 0 amide bonds. The van der Waals surface area contributed by atoms with Gasteiger partial charge in [-0.25, -0.2) is 0 Å². The van der Waals surface area contributed by atoms with Gasteiger partial charge in [-0.15, -0.1) is 11.3 Å². The van der Waals surface area contributed by atoms with Crippen LogP contribution >= 0.6 is 22.9 Å². The van der Waals surface area contributed by atoms with Crippen molar-refractivity contribution in [3.05, 3.63) is 52.7 Å². The Morgan fingerprint density at radius 3 is 2.28 bits per heavy atom. The Bertz CT molecular complexity index is 966. The third kappa shape index (κ3) is 6.20. The minimum Gasteiger partial charge on any atom is -0.473 e. The first-order chi connectivity index (χ1) is 14.2. The molecular formula is C25H31ClO2S. The second kappa shape index (κ2) is 11.6. The maximum atomic E-state index is 12.8. The molecule has 4 heteroatoms. The van der Waals surface area contributed by atoms with Crippen LogP contribution in [0.1, 0.15) is 71.1 Å². The van der Waals surface area contributed by atoms with Crippen molar-refractivity contribution in [1.29, 1.82) is 0 Å². The molecule has 2 aromatic carbocycles. The van der Waals surface area contributed by atoms with E-state index in [2.05, 4.69) is 6.92 Å². The van der Waals surface area contributed by atoms with Gasteiger partial charge in [-0.3, -0.25) is 4.79 Å². The Morgan fingerprint density at radius 2 is 1.52 bits per heavy atom. The minimum atomic E-state index is -0.362. The van der Waals surface area contributed by atoms with Crippen molar-refractivity contribution < 1.29 is 4.74 Å². The first-order valence-corrected chi connectivity index (χ1v) is 12.2. The number of benzene rings is 2. The van der Waals surface area contributed by atoms with E-state index in [1.54, 1.807) is 11.3 Å². The average Bonchev–Trinajstić information content (AvgIpc) is 2.73. The molecule has 0 saturated carbocycles. The van der Waals surface area contributed by atoms with Gasteiger partial charge >= 0.3 is 0 Å². The second-order valence-corrected chi connectivity index (χ2v) is 9.24. The van der Waals surface area contributed by atoms with E-state index in [0.717, 1.165) is 27.6 Å². The predicted molar refractivity (Wildman–Crippen MR) is 128 cm³/mol. The summed E-state index contributed by atoms with van der Waals surface area (Å²) in [4.78, 5) is 12.8. The molecular weight excluding hydrogens is 400 g/mol. The topological polar surface area (TPSA) is 26.3 Å². The van der Waals surface area contributed by atoms with Crippen LogP contribution in [0.25, 0.3) is 20.2 Å². The molecule has 3 rings (SSSR count). The van der Waals surface area contributed by atoms with Crippen LogP contribution in [0.4, 0.5) is 0 Å². The average molecular weight is 431 g/mol. The summed E-state index contributed by atoms with van der Waals surface area (Å²) >= 11 is 8.07. The highest BCUT2D eigenvalue weighted by Gasteiger charge is 2.13. The van der Waals surface area contributed by atoms with Gasteiger partial charge in [0.25, 0.3) is 0 Å². The summed E-state index contributed by atoms with van der Waals surface area (Å²) in [6.45, 7) is 2.26. The van der Waals surface area contributed by atoms with Gasteiger partial charge in [-0.1, -0.05) is 88.1 Å². The summed E-state index contributed by atoms with van der Waals surface area (Å²) < 4.78 is 7.90. The molecule has 1 aromatic heterocycles. The molecule has 3 aromatic rings. The van der Waals surface area contributed by atoms with Crippen molar-refractivity contribution in [3.8, 4) is 5.75 Å². The van der Waals surface area contributed by atoms with Gasteiger partial charge in [0.15, 0.2) is 11.0 Å². The Labute approximate surface area is 182 Å². The van der Waals surface area contributed by atoms with Crippen LogP contribution in [0.5, 0.6) is 5.75 Å². The first-order valence-electron chi connectivity index (χ1n) is 11.0. The van der Waals surface area contributed by atoms with Crippen LogP contribution in [0, 0.1) is 0 Å². The van der Waals surface area contributed by atoms with E-state index < -0.39 is 0 Å². The van der Waals surface area contributed by atoms with E-state index in [1.807, 2.05) is 42.5 Å². The first kappa shape index (κ1) is 22.1. The van der Waals surface area contributed by atoms with Crippen molar-refractivity contribution in [2.75, 3.05) is 0 Å². The number of rotatable bonds is 12. The molecule has 2 nitrogen and oxygen atoms in total. The van der Waals surface area contributed by atoms with Crippen molar-refractivity contribution in [2.45, 2.75) is 76.7 Å². The Balaban J connectivity index is 1.53. The largest absolute Gasteiger partial charge is 0.473 e. The van der Waals surface area contributed by atoms with Crippen molar-refractivity contribution in [3.63, 3.8) is 0 Å². The molecule has 1 atom stereocenters. The van der Waals surface area contributed by atoms with Crippen LogP contribution in [0.2, 0.25) is 0 Å². The normalized spacial score (nSPS) is 12.5. The predicted octanol–water partition coefficient (Wildman–Crippen LogP) is 8.28. The third-order valence-electron chi connectivity index (χ3n) is 5.36. The molecule has 0 fully saturated rings. The maximum absolute atomic E-state index is 12.8. The van der Waals surface area contributed by atoms with Gasteiger partial charge in [0.05, 0.1) is 4.70 Å². The molecule has 0 N–H and O–H groups in total. The molecule has 0 spiro atoms. The number of hydrogen-bond acceptors (Lipinski definition) is 3. The monoisotopic (exact) mass is 430 g/mol. The molecule has 0 aliphatic carbocycles. The number of ether oxygens (including phenoxy) is 1. The summed E-state index contributed by atoms with van der Waals surface area (Å²) in [5.74, 6) is 0.714. The number of fused-ring (bicyclic) bond motifs is 2. The van der Waals surface area contributed by atoms with Gasteiger partial charge in [0, 0.05) is 15.5 Å². The third-order valence-corrected chi connectivity index (χ3v) is 6.87. The smallest absolute Gasteiger partial charge is 0.196 e. The van der Waals surface area contributed by atoms with Crippen LogP contribution in [0.3, 0.4) is 0 Å². The van der Waals surface area contributed by atoms with E-state index >= 15 is 0 Å². The summed E-state index contributed by atoms with van der Waals surface area (Å²) in [7, 11) is 0. The summed E-state index contributed by atoms with van der Waals surface area (Å²) in [5, 5.41) is 1.47. The number of hydrogen-bond donors (Lipinski definition) is 0. The molecule has 0 saturated heterocycles. The van der Waals surface area contributed by atoms with Gasteiger partial charge in [-0.2, -0.15) is 0 Å². The van der Waals surface area contributed by atoms with Crippen molar-refractivity contribution in [1.82, 2.24) is 0 Å². The summed E-state index contributed by atoms with van der Waals surface area (Å²) in [5.41, 5.74) is -0.302. The highest BCUT2D eigenvalue weighted by molar-refractivity contribution is 7.24. The SMILES string of the molecule is CCCCCCCCCCCC(Cl)Oc1cccc2c(=O)c3ccccc3sc12. The highest BCUT2D eigenvalue weighted by atomic mass is 35.5. The van der Waals surface area contributed by atoms with Crippen molar-refractivity contribution in [2.24, 2.45) is 0 Å². The van der Waals surface area contributed by atoms with E-state index in [9.17, 15) is 4.79 Å². The zero-order chi connectivity index (χ0) is 20.5. The lowest BCUT2D eigenvalue weighted by atomic mass is 10.1. The molecule has 156 valence electrons. The fourth-order valence-corrected chi connectivity index (χ4v) is 5.08. The second-order valence-electron chi connectivity index (χ2n) is 7.71. The fraction of sp³-hybridized carbons (Fsp3) is 0.480. The lowest BCUT2D eigenvalue weighted by molar-refractivity contribution is 0.268. The lowest BCUT2D eigenvalue weighted by Gasteiger charge is -2.14. The number of alkyl halides is 1. The van der Waals surface area contributed by atoms with Gasteiger partial charge < -0.3 is 4.74 Å². The van der Waals surface area contributed by atoms with Crippen LogP contribution in [-0.2, 0) is 0 Å². The zero-order valence-corrected chi connectivity index (χ0v) is 18.9.